The maximum Gasteiger partial charge on any atom is 0.0702 e. The first-order chi connectivity index (χ1) is 9.81. The summed E-state index contributed by atoms with van der Waals surface area (Å²) in [6, 6.07) is 12.2. The lowest BCUT2D eigenvalue weighted by molar-refractivity contribution is 0.137. The Hall–Kier alpha value is -1.67. The van der Waals surface area contributed by atoms with Crippen LogP contribution in [0.5, 0.6) is 0 Å². The summed E-state index contributed by atoms with van der Waals surface area (Å²) in [4.78, 5) is 6.97. The Labute approximate surface area is 120 Å². The number of likely N-dealkylation sites (N-methyl/N-ethyl adjacent to an activating group) is 1. The van der Waals surface area contributed by atoms with Crippen LogP contribution in [0.25, 0.3) is 16.5 Å². The van der Waals surface area contributed by atoms with Crippen molar-refractivity contribution in [2.45, 2.75) is 37.8 Å². The van der Waals surface area contributed by atoms with E-state index < -0.39 is 0 Å². The molecule has 2 aromatic rings. The third-order valence-corrected chi connectivity index (χ3v) is 4.96. The molecule has 2 bridgehead atoms. The van der Waals surface area contributed by atoms with Gasteiger partial charge >= 0.3 is 0 Å². The van der Waals surface area contributed by atoms with Crippen molar-refractivity contribution in [1.29, 1.82) is 0 Å². The van der Waals surface area contributed by atoms with Crippen molar-refractivity contribution in [2.75, 3.05) is 7.05 Å². The Kier molecular flexibility index (Phi) is 2.85. The summed E-state index contributed by atoms with van der Waals surface area (Å²) >= 11 is 0. The highest BCUT2D eigenvalue weighted by Crippen LogP contribution is 2.36. The van der Waals surface area contributed by atoms with E-state index >= 15 is 0 Å². The Bertz CT molecular complexity index is 674. The second-order valence-corrected chi connectivity index (χ2v) is 6.12. The van der Waals surface area contributed by atoms with Crippen LogP contribution in [0, 0.1) is 0 Å². The quantitative estimate of drug-likeness (QED) is 0.777. The second-order valence-electron chi connectivity index (χ2n) is 6.12. The van der Waals surface area contributed by atoms with Crippen LogP contribution in [0.2, 0.25) is 0 Å². The van der Waals surface area contributed by atoms with Gasteiger partial charge in [-0.15, -0.1) is 0 Å². The molecule has 20 heavy (non-hydrogen) atoms. The number of aromatic nitrogens is 1. The van der Waals surface area contributed by atoms with Crippen LogP contribution >= 0.6 is 0 Å². The third kappa shape index (κ3) is 1.95. The van der Waals surface area contributed by atoms with Gasteiger partial charge in [-0.1, -0.05) is 24.6 Å². The largest absolute Gasteiger partial charge is 0.297 e. The molecule has 2 atom stereocenters. The molecule has 2 nitrogen and oxygen atoms in total. The highest BCUT2D eigenvalue weighted by molar-refractivity contribution is 5.83. The Balaban J connectivity index is 1.75. The molecule has 0 N–H and O–H groups in total. The number of hydrogen-bond acceptors (Lipinski definition) is 2. The highest BCUT2D eigenvalue weighted by atomic mass is 15.2. The summed E-state index contributed by atoms with van der Waals surface area (Å²) in [5.41, 5.74) is 4.00. The van der Waals surface area contributed by atoms with Gasteiger partial charge in [0.25, 0.3) is 0 Å². The fourth-order valence-electron chi connectivity index (χ4n) is 3.73. The summed E-state index contributed by atoms with van der Waals surface area (Å²) in [5.74, 6) is 0. The van der Waals surface area contributed by atoms with Gasteiger partial charge < -0.3 is 0 Å². The van der Waals surface area contributed by atoms with Gasteiger partial charge in [0.1, 0.15) is 0 Å². The first-order valence-corrected chi connectivity index (χ1v) is 7.59. The molecule has 0 saturated carbocycles. The molecule has 2 aliphatic heterocycles. The number of hydrogen-bond donors (Lipinski definition) is 0. The van der Waals surface area contributed by atoms with Crippen molar-refractivity contribution in [2.24, 2.45) is 0 Å². The minimum absolute atomic E-state index is 0.641. The molecule has 1 aromatic carbocycles. The lowest BCUT2D eigenvalue weighted by Gasteiger charge is -2.42. The first-order valence-electron chi connectivity index (χ1n) is 7.59. The van der Waals surface area contributed by atoms with Crippen LogP contribution in [0.3, 0.4) is 0 Å². The Morgan fingerprint density at radius 2 is 2.15 bits per heavy atom. The summed E-state index contributed by atoms with van der Waals surface area (Å²) in [7, 11) is 2.28. The van der Waals surface area contributed by atoms with E-state index in [1.807, 2.05) is 12.3 Å². The van der Waals surface area contributed by atoms with Crippen molar-refractivity contribution in [3.8, 4) is 0 Å². The fourth-order valence-corrected chi connectivity index (χ4v) is 3.73. The number of pyridine rings is 1. The average Bonchev–Trinajstić information content (AvgIpc) is 2.46. The van der Waals surface area contributed by atoms with Crippen molar-refractivity contribution in [3.63, 3.8) is 0 Å². The number of benzene rings is 1. The van der Waals surface area contributed by atoms with E-state index in [0.717, 1.165) is 11.6 Å². The SMILES string of the molecule is CN1C2C=C(c3ccc4ncccc4c3)CC1CCC2. The van der Waals surface area contributed by atoms with Crippen molar-refractivity contribution in [1.82, 2.24) is 9.88 Å². The molecule has 0 spiro atoms. The van der Waals surface area contributed by atoms with Crippen molar-refractivity contribution < 1.29 is 0 Å². The van der Waals surface area contributed by atoms with E-state index in [-0.39, 0.29) is 0 Å². The third-order valence-electron chi connectivity index (χ3n) is 4.96. The molecule has 0 aliphatic carbocycles. The monoisotopic (exact) mass is 264 g/mol. The van der Waals surface area contributed by atoms with Crippen LogP contribution in [0.4, 0.5) is 0 Å². The molecule has 2 aliphatic rings. The predicted molar refractivity (Wildman–Crippen MR) is 83.5 cm³/mol. The topological polar surface area (TPSA) is 16.1 Å². The van der Waals surface area contributed by atoms with Gasteiger partial charge in [-0.3, -0.25) is 9.88 Å². The summed E-state index contributed by atoms with van der Waals surface area (Å²) in [5, 5.41) is 1.25. The van der Waals surface area contributed by atoms with Crippen LogP contribution in [-0.4, -0.2) is 29.0 Å². The van der Waals surface area contributed by atoms with E-state index in [9.17, 15) is 0 Å². The molecule has 0 radical (unpaired) electrons. The predicted octanol–water partition coefficient (Wildman–Crippen LogP) is 3.87. The zero-order valence-corrected chi connectivity index (χ0v) is 11.9. The number of fused-ring (bicyclic) bond motifs is 3. The van der Waals surface area contributed by atoms with Gasteiger partial charge in [0.2, 0.25) is 0 Å². The molecule has 2 heteroatoms. The second kappa shape index (κ2) is 4.71. The first kappa shape index (κ1) is 12.1. The van der Waals surface area contributed by atoms with Gasteiger partial charge in [-0.2, -0.15) is 0 Å². The van der Waals surface area contributed by atoms with Crippen molar-refractivity contribution >= 4 is 16.5 Å². The summed E-state index contributed by atoms with van der Waals surface area (Å²) in [6.45, 7) is 0. The number of nitrogens with zero attached hydrogens (tertiary/aromatic N) is 2. The van der Waals surface area contributed by atoms with Crippen LogP contribution in [0.15, 0.2) is 42.6 Å². The minimum atomic E-state index is 0.641. The molecule has 4 rings (SSSR count). The van der Waals surface area contributed by atoms with Gasteiger partial charge in [-0.25, -0.2) is 0 Å². The van der Waals surface area contributed by atoms with E-state index in [1.165, 1.54) is 42.2 Å². The molecular formula is C18H20N2. The van der Waals surface area contributed by atoms with Gasteiger partial charge in [0.15, 0.2) is 0 Å². The standard InChI is InChI=1S/C18H20N2/c1-20-16-5-2-6-17(20)12-15(11-16)13-7-8-18-14(10-13)4-3-9-19-18/h3-4,7-11,16-17H,2,5-6,12H2,1H3. The molecule has 1 aromatic heterocycles. The lowest BCUT2D eigenvalue weighted by Crippen LogP contribution is -2.45. The van der Waals surface area contributed by atoms with E-state index in [1.54, 1.807) is 0 Å². The molecule has 1 fully saturated rings. The molecule has 102 valence electrons. The number of rotatable bonds is 1. The maximum atomic E-state index is 4.41. The molecular weight excluding hydrogens is 244 g/mol. The lowest BCUT2D eigenvalue weighted by atomic mass is 9.83. The van der Waals surface area contributed by atoms with Gasteiger partial charge in [0, 0.05) is 23.7 Å². The van der Waals surface area contributed by atoms with Crippen molar-refractivity contribution in [3.05, 3.63) is 48.2 Å². The summed E-state index contributed by atoms with van der Waals surface area (Å²) in [6.07, 6.45) is 9.59. The summed E-state index contributed by atoms with van der Waals surface area (Å²) < 4.78 is 0. The average molecular weight is 264 g/mol. The smallest absolute Gasteiger partial charge is 0.0702 e. The van der Waals surface area contributed by atoms with Crippen LogP contribution in [-0.2, 0) is 0 Å². The molecule has 0 amide bonds. The molecule has 3 heterocycles. The van der Waals surface area contributed by atoms with E-state index in [0.29, 0.717) is 6.04 Å². The molecule has 2 unspecified atom stereocenters. The number of piperidine rings is 1. The maximum absolute atomic E-state index is 4.41. The fraction of sp³-hybridized carbons (Fsp3) is 0.389. The Morgan fingerprint density at radius 3 is 3.05 bits per heavy atom. The zero-order valence-electron chi connectivity index (χ0n) is 11.9. The Morgan fingerprint density at radius 1 is 1.20 bits per heavy atom. The normalized spacial score (nSPS) is 26.6. The highest BCUT2D eigenvalue weighted by Gasteiger charge is 2.31. The van der Waals surface area contributed by atoms with E-state index in [4.69, 9.17) is 0 Å². The van der Waals surface area contributed by atoms with Gasteiger partial charge in [0.05, 0.1) is 5.52 Å². The van der Waals surface area contributed by atoms with Crippen LogP contribution < -0.4 is 0 Å². The van der Waals surface area contributed by atoms with Crippen LogP contribution in [0.1, 0.15) is 31.2 Å². The zero-order chi connectivity index (χ0) is 13.5. The molecule has 1 saturated heterocycles. The van der Waals surface area contributed by atoms with E-state index in [2.05, 4.69) is 47.3 Å². The minimum Gasteiger partial charge on any atom is -0.297 e. The van der Waals surface area contributed by atoms with Gasteiger partial charge in [-0.05, 0) is 55.6 Å².